The lowest BCUT2D eigenvalue weighted by Crippen LogP contribution is -1.79. The number of halogens is 1. The third-order valence-corrected chi connectivity index (χ3v) is 2.81. The first-order chi connectivity index (χ1) is 6.31. The molecule has 1 aliphatic rings. The Kier molecular flexibility index (Phi) is 2.20. The maximum Gasteiger partial charge on any atom is 0.0915 e. The van der Waals surface area contributed by atoms with Crippen LogP contribution in [-0.4, -0.2) is 0 Å². The van der Waals surface area contributed by atoms with Gasteiger partial charge in [-0.05, 0) is 41.7 Å². The van der Waals surface area contributed by atoms with Crippen molar-refractivity contribution in [2.45, 2.75) is 12.8 Å². The van der Waals surface area contributed by atoms with Gasteiger partial charge in [0.2, 0.25) is 0 Å². The van der Waals surface area contributed by atoms with Crippen LogP contribution in [0.25, 0.3) is 5.57 Å². The highest BCUT2D eigenvalue weighted by Gasteiger charge is 2.15. The predicted octanol–water partition coefficient (Wildman–Crippen LogP) is 3.30. The zero-order valence-corrected chi connectivity index (χ0v) is 8.63. The smallest absolute Gasteiger partial charge is 0.0915 e. The zero-order valence-electron chi connectivity index (χ0n) is 7.05. The standard InChI is InChI=1S/C11H8BrN/c12-10-3-4-11-8(5-6-13)1-2-9(11)7-10/h3-5,7H,1-2H2. The number of nitrogens with zero attached hydrogens (tertiary/aromatic N) is 1. The Balaban J connectivity index is 2.51. The first-order valence-corrected chi connectivity index (χ1v) is 4.98. The van der Waals surface area contributed by atoms with Gasteiger partial charge >= 0.3 is 0 Å². The van der Waals surface area contributed by atoms with Gasteiger partial charge in [-0.2, -0.15) is 5.26 Å². The number of hydrogen-bond acceptors (Lipinski definition) is 1. The Morgan fingerprint density at radius 3 is 3.00 bits per heavy atom. The van der Waals surface area contributed by atoms with E-state index in [1.165, 1.54) is 16.7 Å². The summed E-state index contributed by atoms with van der Waals surface area (Å²) >= 11 is 3.44. The molecule has 0 aromatic heterocycles. The zero-order chi connectivity index (χ0) is 9.26. The molecular weight excluding hydrogens is 226 g/mol. The monoisotopic (exact) mass is 233 g/mol. The van der Waals surface area contributed by atoms with Crippen molar-refractivity contribution in [3.63, 3.8) is 0 Å². The van der Waals surface area contributed by atoms with E-state index in [-0.39, 0.29) is 0 Å². The molecule has 0 aliphatic heterocycles. The molecule has 0 saturated carbocycles. The van der Waals surface area contributed by atoms with E-state index in [0.29, 0.717) is 0 Å². The summed E-state index contributed by atoms with van der Waals surface area (Å²) in [7, 11) is 0. The van der Waals surface area contributed by atoms with E-state index in [0.717, 1.165) is 17.3 Å². The molecule has 0 radical (unpaired) electrons. The molecular formula is C11H8BrN. The summed E-state index contributed by atoms with van der Waals surface area (Å²) in [5.41, 5.74) is 3.76. The summed E-state index contributed by atoms with van der Waals surface area (Å²) < 4.78 is 1.12. The highest BCUT2D eigenvalue weighted by molar-refractivity contribution is 9.10. The number of nitriles is 1. The third-order valence-electron chi connectivity index (χ3n) is 2.32. The van der Waals surface area contributed by atoms with E-state index in [1.54, 1.807) is 6.08 Å². The fourth-order valence-electron chi connectivity index (χ4n) is 1.71. The lowest BCUT2D eigenvalue weighted by Gasteiger charge is -1.99. The maximum atomic E-state index is 8.57. The van der Waals surface area contributed by atoms with Crippen LogP contribution in [0.5, 0.6) is 0 Å². The van der Waals surface area contributed by atoms with Crippen LogP contribution in [0.15, 0.2) is 28.7 Å². The van der Waals surface area contributed by atoms with Crippen LogP contribution in [0, 0.1) is 11.3 Å². The van der Waals surface area contributed by atoms with E-state index in [2.05, 4.69) is 34.1 Å². The molecule has 1 aliphatic carbocycles. The SMILES string of the molecule is N#CC=C1CCc2cc(Br)ccc21. The third kappa shape index (κ3) is 1.52. The van der Waals surface area contributed by atoms with Crippen LogP contribution in [0.1, 0.15) is 17.5 Å². The Morgan fingerprint density at radius 1 is 1.38 bits per heavy atom. The van der Waals surface area contributed by atoms with Crippen molar-refractivity contribution < 1.29 is 0 Å². The minimum absolute atomic E-state index is 0.999. The van der Waals surface area contributed by atoms with E-state index >= 15 is 0 Å². The van der Waals surface area contributed by atoms with Gasteiger partial charge in [0.1, 0.15) is 0 Å². The second kappa shape index (κ2) is 3.35. The number of hydrogen-bond donors (Lipinski definition) is 0. The molecule has 64 valence electrons. The molecule has 0 saturated heterocycles. The van der Waals surface area contributed by atoms with Gasteiger partial charge in [-0.3, -0.25) is 0 Å². The van der Waals surface area contributed by atoms with Crippen molar-refractivity contribution in [2.24, 2.45) is 0 Å². The number of aryl methyl sites for hydroxylation is 1. The highest BCUT2D eigenvalue weighted by atomic mass is 79.9. The minimum Gasteiger partial charge on any atom is -0.193 e. The summed E-state index contributed by atoms with van der Waals surface area (Å²) in [5, 5.41) is 8.57. The van der Waals surface area contributed by atoms with Crippen molar-refractivity contribution in [1.29, 1.82) is 5.26 Å². The molecule has 0 spiro atoms. The van der Waals surface area contributed by atoms with Crippen LogP contribution in [0.4, 0.5) is 0 Å². The van der Waals surface area contributed by atoms with Crippen LogP contribution >= 0.6 is 15.9 Å². The Hall–Kier alpha value is -1.07. The summed E-state index contributed by atoms with van der Waals surface area (Å²) in [6.45, 7) is 0. The van der Waals surface area contributed by atoms with Gasteiger partial charge in [-0.25, -0.2) is 0 Å². The molecule has 0 fully saturated rings. The Labute approximate surface area is 85.8 Å². The van der Waals surface area contributed by atoms with Gasteiger partial charge in [0.25, 0.3) is 0 Å². The van der Waals surface area contributed by atoms with Crippen LogP contribution < -0.4 is 0 Å². The van der Waals surface area contributed by atoms with Crippen LogP contribution in [0.2, 0.25) is 0 Å². The highest BCUT2D eigenvalue weighted by Crippen LogP contribution is 2.33. The Bertz CT molecular complexity index is 413. The second-order valence-electron chi connectivity index (χ2n) is 3.10. The molecule has 0 heterocycles. The first-order valence-electron chi connectivity index (χ1n) is 4.19. The quantitative estimate of drug-likeness (QED) is 0.632. The number of allylic oxidation sites excluding steroid dienone is 2. The lowest BCUT2D eigenvalue weighted by atomic mass is 10.1. The van der Waals surface area contributed by atoms with E-state index in [4.69, 9.17) is 5.26 Å². The Morgan fingerprint density at radius 2 is 2.23 bits per heavy atom. The molecule has 1 aromatic carbocycles. The van der Waals surface area contributed by atoms with Crippen molar-refractivity contribution in [1.82, 2.24) is 0 Å². The number of fused-ring (bicyclic) bond motifs is 1. The summed E-state index contributed by atoms with van der Waals surface area (Å²) in [6, 6.07) is 8.33. The number of benzene rings is 1. The fraction of sp³-hybridized carbons (Fsp3) is 0.182. The normalized spacial score (nSPS) is 17.1. The molecule has 0 bridgehead atoms. The summed E-state index contributed by atoms with van der Waals surface area (Å²) in [4.78, 5) is 0. The van der Waals surface area contributed by atoms with Gasteiger partial charge in [0.05, 0.1) is 6.07 Å². The largest absolute Gasteiger partial charge is 0.193 e. The first kappa shape index (κ1) is 8.52. The van der Waals surface area contributed by atoms with E-state index in [1.807, 2.05) is 6.07 Å². The second-order valence-corrected chi connectivity index (χ2v) is 4.02. The molecule has 13 heavy (non-hydrogen) atoms. The van der Waals surface area contributed by atoms with Crippen molar-refractivity contribution >= 4 is 21.5 Å². The van der Waals surface area contributed by atoms with E-state index < -0.39 is 0 Å². The van der Waals surface area contributed by atoms with Gasteiger partial charge in [0, 0.05) is 10.5 Å². The lowest BCUT2D eigenvalue weighted by molar-refractivity contribution is 1.08. The average molecular weight is 234 g/mol. The topological polar surface area (TPSA) is 23.8 Å². The maximum absolute atomic E-state index is 8.57. The molecule has 2 rings (SSSR count). The fourth-order valence-corrected chi connectivity index (χ4v) is 2.12. The van der Waals surface area contributed by atoms with Gasteiger partial charge in [0.15, 0.2) is 0 Å². The molecule has 0 atom stereocenters. The predicted molar refractivity (Wildman–Crippen MR) is 56.1 cm³/mol. The molecule has 1 aromatic rings. The van der Waals surface area contributed by atoms with Crippen molar-refractivity contribution in [3.8, 4) is 6.07 Å². The minimum atomic E-state index is 0.999. The van der Waals surface area contributed by atoms with Crippen molar-refractivity contribution in [3.05, 3.63) is 39.9 Å². The van der Waals surface area contributed by atoms with Crippen molar-refractivity contribution in [2.75, 3.05) is 0 Å². The summed E-state index contributed by atoms with van der Waals surface area (Å²) in [5.74, 6) is 0. The molecule has 0 N–H and O–H groups in total. The van der Waals surface area contributed by atoms with Gasteiger partial charge in [-0.1, -0.05) is 22.0 Å². The molecule has 0 amide bonds. The number of rotatable bonds is 0. The van der Waals surface area contributed by atoms with Crippen LogP contribution in [0.3, 0.4) is 0 Å². The average Bonchev–Trinajstić information content (AvgIpc) is 2.49. The molecule has 0 unspecified atom stereocenters. The molecule has 1 nitrogen and oxygen atoms in total. The van der Waals surface area contributed by atoms with Crippen LogP contribution in [-0.2, 0) is 6.42 Å². The summed E-state index contributed by atoms with van der Waals surface area (Å²) in [6.07, 6.45) is 3.71. The molecule has 2 heteroatoms. The van der Waals surface area contributed by atoms with E-state index in [9.17, 15) is 0 Å². The van der Waals surface area contributed by atoms with Gasteiger partial charge in [-0.15, -0.1) is 0 Å². The van der Waals surface area contributed by atoms with Gasteiger partial charge < -0.3 is 0 Å².